The summed E-state index contributed by atoms with van der Waals surface area (Å²) in [6.45, 7) is 2.90. The summed E-state index contributed by atoms with van der Waals surface area (Å²) in [6.07, 6.45) is 1.98. The van der Waals surface area contributed by atoms with Gasteiger partial charge in [-0.25, -0.2) is 13.2 Å². The Labute approximate surface area is 123 Å². The number of carbonyl (C=O) groups is 1. The number of hydrogen-bond acceptors (Lipinski definition) is 6. The van der Waals surface area contributed by atoms with E-state index in [1.165, 1.54) is 6.26 Å². The lowest BCUT2D eigenvalue weighted by Gasteiger charge is -2.07. The van der Waals surface area contributed by atoms with Crippen LogP contribution >= 0.6 is 10.8 Å². The zero-order valence-electron chi connectivity index (χ0n) is 11.6. The lowest BCUT2D eigenvalue weighted by Crippen LogP contribution is -2.08. The first kappa shape index (κ1) is 16.8. The Bertz CT molecular complexity index is 526. The Balaban J connectivity index is 2.40. The molecule has 1 aromatic carbocycles. The molecule has 7 heteroatoms. The molecule has 0 aromatic heterocycles. The lowest BCUT2D eigenvalue weighted by molar-refractivity contribution is 0.0505. The number of benzene rings is 1. The predicted octanol–water partition coefficient (Wildman–Crippen LogP) is 2.36. The second-order valence-electron chi connectivity index (χ2n) is 4.17. The van der Waals surface area contributed by atoms with Crippen molar-refractivity contribution in [3.05, 3.63) is 29.8 Å². The molecular formula is C13H19NO4S2. The van der Waals surface area contributed by atoms with Crippen LogP contribution in [0.3, 0.4) is 0 Å². The topological polar surface area (TPSA) is 72.5 Å². The zero-order valence-corrected chi connectivity index (χ0v) is 13.2. The summed E-state index contributed by atoms with van der Waals surface area (Å²) in [5, 5.41) is 3.09. The molecule has 0 bridgehead atoms. The van der Waals surface area contributed by atoms with Crippen molar-refractivity contribution in [3.8, 4) is 0 Å². The number of esters is 1. The van der Waals surface area contributed by atoms with E-state index >= 15 is 0 Å². The first-order valence-electron chi connectivity index (χ1n) is 6.28. The maximum atomic E-state index is 11.6. The minimum Gasteiger partial charge on any atom is -0.462 e. The molecule has 112 valence electrons. The fourth-order valence-corrected chi connectivity index (χ4v) is 3.04. The molecule has 0 radical (unpaired) electrons. The summed E-state index contributed by atoms with van der Waals surface area (Å²) in [4.78, 5) is 11.6. The van der Waals surface area contributed by atoms with Crippen molar-refractivity contribution in [1.29, 1.82) is 0 Å². The largest absolute Gasteiger partial charge is 0.462 e. The van der Waals surface area contributed by atoms with Gasteiger partial charge in [0.2, 0.25) is 0 Å². The maximum absolute atomic E-state index is 11.6. The van der Waals surface area contributed by atoms with Gasteiger partial charge in [0.25, 0.3) is 0 Å². The van der Waals surface area contributed by atoms with Gasteiger partial charge in [0.05, 0.1) is 12.2 Å². The van der Waals surface area contributed by atoms with Crippen LogP contribution < -0.4 is 5.32 Å². The van der Waals surface area contributed by atoms with Crippen LogP contribution in [0.25, 0.3) is 0 Å². The van der Waals surface area contributed by atoms with Crippen LogP contribution in [0.5, 0.6) is 0 Å². The second kappa shape index (κ2) is 8.16. The van der Waals surface area contributed by atoms with Crippen molar-refractivity contribution in [2.24, 2.45) is 0 Å². The van der Waals surface area contributed by atoms with Gasteiger partial charge in [0.1, 0.15) is 0 Å². The number of hydrogen-bond donors (Lipinski definition) is 1. The molecule has 0 fully saturated rings. The van der Waals surface area contributed by atoms with Gasteiger partial charge in [0, 0.05) is 24.2 Å². The van der Waals surface area contributed by atoms with Gasteiger partial charge in [-0.2, -0.15) is 0 Å². The Kier molecular flexibility index (Phi) is 6.87. The average Bonchev–Trinajstić information content (AvgIpc) is 2.40. The molecule has 1 aromatic rings. The van der Waals surface area contributed by atoms with Crippen LogP contribution in [0.15, 0.2) is 24.3 Å². The minimum atomic E-state index is -2.99. The minimum absolute atomic E-state index is 0.328. The van der Waals surface area contributed by atoms with Crippen molar-refractivity contribution in [3.63, 3.8) is 0 Å². The van der Waals surface area contributed by atoms with E-state index < -0.39 is 8.87 Å². The Morgan fingerprint density at radius 2 is 1.95 bits per heavy atom. The van der Waals surface area contributed by atoms with Crippen LogP contribution in [0, 0.1) is 0 Å². The average molecular weight is 317 g/mol. The molecule has 0 aliphatic carbocycles. The van der Waals surface area contributed by atoms with Crippen molar-refractivity contribution in [2.75, 3.05) is 30.5 Å². The molecule has 0 aliphatic rings. The lowest BCUT2D eigenvalue weighted by atomic mass is 10.2. The van der Waals surface area contributed by atoms with Crippen LogP contribution in [0.4, 0.5) is 5.69 Å². The van der Waals surface area contributed by atoms with E-state index in [2.05, 4.69) is 5.32 Å². The van der Waals surface area contributed by atoms with Crippen LogP contribution in [0.1, 0.15) is 23.7 Å². The second-order valence-corrected chi connectivity index (χ2v) is 8.74. The van der Waals surface area contributed by atoms with Crippen LogP contribution in [-0.2, 0) is 13.6 Å². The molecule has 0 unspecified atom stereocenters. The summed E-state index contributed by atoms with van der Waals surface area (Å²) >= 11 is 0. The Morgan fingerprint density at radius 3 is 2.50 bits per heavy atom. The van der Waals surface area contributed by atoms with E-state index in [4.69, 9.17) is 4.74 Å². The first-order valence-corrected chi connectivity index (χ1v) is 9.67. The van der Waals surface area contributed by atoms with Gasteiger partial charge in [-0.1, -0.05) is 6.92 Å². The summed E-state index contributed by atoms with van der Waals surface area (Å²) in [7, 11) is -2.08. The van der Waals surface area contributed by atoms with E-state index in [1.807, 2.05) is 6.92 Å². The monoisotopic (exact) mass is 317 g/mol. The van der Waals surface area contributed by atoms with E-state index in [0.717, 1.165) is 22.9 Å². The van der Waals surface area contributed by atoms with Gasteiger partial charge in [0.15, 0.2) is 8.87 Å². The van der Waals surface area contributed by atoms with E-state index in [9.17, 15) is 13.2 Å². The number of rotatable bonds is 8. The van der Waals surface area contributed by atoms with E-state index in [1.54, 1.807) is 24.3 Å². The highest BCUT2D eigenvalue weighted by molar-refractivity contribution is 8.71. The quantitative estimate of drug-likeness (QED) is 0.451. The van der Waals surface area contributed by atoms with Gasteiger partial charge in [-0.05, 0) is 41.5 Å². The predicted molar refractivity (Wildman–Crippen MR) is 82.8 cm³/mol. The van der Waals surface area contributed by atoms with Gasteiger partial charge >= 0.3 is 5.97 Å². The summed E-state index contributed by atoms with van der Waals surface area (Å²) in [5.41, 5.74) is 1.35. The number of carbonyl (C=O) groups excluding carboxylic acids is 1. The standard InChI is InChI=1S/C13H19NO4S2/c1-3-9-18-13(15)11-4-6-12(7-5-11)14-8-10-19-20(2,16)17/h4-7,14H,3,8-10H2,1-2H3. The highest BCUT2D eigenvalue weighted by atomic mass is 33.1. The maximum Gasteiger partial charge on any atom is 0.338 e. The molecule has 0 atom stereocenters. The molecule has 0 amide bonds. The van der Waals surface area contributed by atoms with Crippen LogP contribution in [0.2, 0.25) is 0 Å². The van der Waals surface area contributed by atoms with Crippen molar-refractivity contribution in [2.45, 2.75) is 13.3 Å². The molecule has 1 N–H and O–H groups in total. The summed E-state index contributed by atoms with van der Waals surface area (Å²) < 4.78 is 26.9. The van der Waals surface area contributed by atoms with E-state index in [-0.39, 0.29) is 5.97 Å². The van der Waals surface area contributed by atoms with Gasteiger partial charge in [-0.15, -0.1) is 0 Å². The van der Waals surface area contributed by atoms with Gasteiger partial charge in [-0.3, -0.25) is 0 Å². The number of anilines is 1. The highest BCUT2D eigenvalue weighted by Gasteiger charge is 2.06. The molecule has 0 aliphatic heterocycles. The molecule has 0 spiro atoms. The molecule has 1 rings (SSSR count). The summed E-state index contributed by atoms with van der Waals surface area (Å²) in [5.74, 6) is 0.144. The normalized spacial score (nSPS) is 11.1. The SMILES string of the molecule is CCCOC(=O)c1ccc(NCCSS(C)(=O)=O)cc1. The zero-order chi connectivity index (χ0) is 15.0. The molecule has 20 heavy (non-hydrogen) atoms. The smallest absolute Gasteiger partial charge is 0.338 e. The van der Waals surface area contributed by atoms with Crippen molar-refractivity contribution < 1.29 is 17.9 Å². The highest BCUT2D eigenvalue weighted by Crippen LogP contribution is 2.12. The third-order valence-corrected chi connectivity index (χ3v) is 4.87. The third-order valence-electron chi connectivity index (χ3n) is 2.29. The molecular weight excluding hydrogens is 298 g/mol. The molecule has 0 heterocycles. The number of nitrogens with one attached hydrogen (secondary N) is 1. The van der Waals surface area contributed by atoms with Crippen molar-refractivity contribution >= 4 is 31.3 Å². The fraction of sp³-hybridized carbons (Fsp3) is 0.462. The Morgan fingerprint density at radius 1 is 1.30 bits per heavy atom. The fourth-order valence-electron chi connectivity index (χ4n) is 1.39. The Hall–Kier alpha value is -1.21. The number of ether oxygens (including phenoxy) is 1. The third kappa shape index (κ3) is 6.81. The van der Waals surface area contributed by atoms with Crippen LogP contribution in [-0.4, -0.2) is 39.5 Å². The van der Waals surface area contributed by atoms with Gasteiger partial charge < -0.3 is 10.1 Å². The molecule has 0 saturated heterocycles. The molecule has 5 nitrogen and oxygen atoms in total. The summed E-state index contributed by atoms with van der Waals surface area (Å²) in [6, 6.07) is 6.91. The van der Waals surface area contributed by atoms with Crippen molar-refractivity contribution in [1.82, 2.24) is 0 Å². The molecule has 0 saturated carbocycles. The first-order chi connectivity index (χ1) is 9.42. The van der Waals surface area contributed by atoms with E-state index in [0.29, 0.717) is 24.5 Å².